The third kappa shape index (κ3) is 4.86. The van der Waals surface area contributed by atoms with Gasteiger partial charge >= 0.3 is 0 Å². The van der Waals surface area contributed by atoms with Crippen LogP contribution in [0.25, 0.3) is 5.69 Å². The van der Waals surface area contributed by atoms with Crippen molar-refractivity contribution in [2.75, 3.05) is 13.1 Å². The van der Waals surface area contributed by atoms with Gasteiger partial charge in [-0.2, -0.15) is 5.10 Å². The quantitative estimate of drug-likeness (QED) is 0.688. The summed E-state index contributed by atoms with van der Waals surface area (Å²) in [5, 5.41) is 7.79. The first kappa shape index (κ1) is 22.1. The molecule has 0 bridgehead atoms. The summed E-state index contributed by atoms with van der Waals surface area (Å²) in [7, 11) is 0. The standard InChI is InChI=1S/C24H31BrN4O2/c1-16-22(25)17(2)29(27-16)21-12-10-18(11-13-21)24(31)28-14-6-7-19(15-28)23(30)26-20-8-4-3-5-9-20/h10-13,19-20H,3-9,14-15H2,1-2H3,(H,26,30). The Hall–Kier alpha value is -2.15. The molecule has 1 saturated carbocycles. The third-order valence-electron chi connectivity index (χ3n) is 6.59. The monoisotopic (exact) mass is 486 g/mol. The number of amides is 2. The van der Waals surface area contributed by atoms with Crippen LogP contribution in [0.15, 0.2) is 28.7 Å². The van der Waals surface area contributed by atoms with Crippen molar-refractivity contribution in [2.24, 2.45) is 5.92 Å². The van der Waals surface area contributed by atoms with Gasteiger partial charge in [-0.3, -0.25) is 9.59 Å². The number of hydrogen-bond acceptors (Lipinski definition) is 3. The lowest BCUT2D eigenvalue weighted by molar-refractivity contribution is -0.127. The largest absolute Gasteiger partial charge is 0.353 e. The Kier molecular flexibility index (Phi) is 6.80. The molecular weight excluding hydrogens is 456 g/mol. The molecule has 1 aromatic carbocycles. The van der Waals surface area contributed by atoms with Gasteiger partial charge in [-0.25, -0.2) is 4.68 Å². The van der Waals surface area contributed by atoms with Crippen molar-refractivity contribution in [3.8, 4) is 5.69 Å². The molecule has 1 N–H and O–H groups in total. The van der Waals surface area contributed by atoms with Gasteiger partial charge in [0.15, 0.2) is 0 Å². The van der Waals surface area contributed by atoms with Crippen LogP contribution in [-0.4, -0.2) is 45.6 Å². The molecule has 1 aliphatic heterocycles. The van der Waals surface area contributed by atoms with E-state index in [1.54, 1.807) is 0 Å². The van der Waals surface area contributed by atoms with E-state index >= 15 is 0 Å². The molecule has 1 aromatic heterocycles. The number of rotatable bonds is 4. The Morgan fingerprint density at radius 1 is 1.03 bits per heavy atom. The first-order chi connectivity index (χ1) is 14.9. The van der Waals surface area contributed by atoms with Gasteiger partial charge < -0.3 is 10.2 Å². The molecule has 166 valence electrons. The third-order valence-corrected chi connectivity index (χ3v) is 7.74. The van der Waals surface area contributed by atoms with E-state index in [-0.39, 0.29) is 17.7 Å². The molecule has 1 atom stereocenters. The normalized spacial score (nSPS) is 20.0. The molecule has 0 radical (unpaired) electrons. The lowest BCUT2D eigenvalue weighted by atomic mass is 9.92. The van der Waals surface area contributed by atoms with E-state index in [0.717, 1.165) is 47.2 Å². The number of carbonyl (C=O) groups excluding carboxylic acids is 2. The summed E-state index contributed by atoms with van der Waals surface area (Å²) in [5.74, 6) is 0.0112. The number of benzene rings is 1. The highest BCUT2D eigenvalue weighted by Gasteiger charge is 2.30. The topological polar surface area (TPSA) is 67.2 Å². The van der Waals surface area contributed by atoms with Crippen molar-refractivity contribution in [2.45, 2.75) is 64.8 Å². The van der Waals surface area contributed by atoms with Crippen molar-refractivity contribution in [1.29, 1.82) is 0 Å². The van der Waals surface area contributed by atoms with Gasteiger partial charge in [-0.15, -0.1) is 0 Å². The lowest BCUT2D eigenvalue weighted by Gasteiger charge is -2.33. The van der Waals surface area contributed by atoms with Crippen LogP contribution in [0.4, 0.5) is 0 Å². The highest BCUT2D eigenvalue weighted by atomic mass is 79.9. The second-order valence-corrected chi connectivity index (χ2v) is 9.67. The van der Waals surface area contributed by atoms with Gasteiger partial charge in [0, 0.05) is 24.7 Å². The Morgan fingerprint density at radius 2 is 1.74 bits per heavy atom. The number of nitrogens with one attached hydrogen (secondary N) is 1. The van der Waals surface area contributed by atoms with Crippen LogP contribution in [0, 0.1) is 19.8 Å². The molecule has 0 spiro atoms. The van der Waals surface area contributed by atoms with Crippen LogP contribution in [0.2, 0.25) is 0 Å². The molecular formula is C24H31BrN4O2. The maximum atomic E-state index is 13.1. The average Bonchev–Trinajstić information content (AvgIpc) is 3.06. The Balaban J connectivity index is 1.40. The van der Waals surface area contributed by atoms with Crippen molar-refractivity contribution >= 4 is 27.7 Å². The number of aryl methyl sites for hydroxylation is 1. The van der Waals surface area contributed by atoms with E-state index in [2.05, 4.69) is 26.3 Å². The molecule has 1 unspecified atom stereocenters. The van der Waals surface area contributed by atoms with Gasteiger partial charge in [0.25, 0.3) is 5.91 Å². The van der Waals surface area contributed by atoms with E-state index < -0.39 is 0 Å². The maximum absolute atomic E-state index is 13.1. The van der Waals surface area contributed by atoms with Crippen LogP contribution in [0.3, 0.4) is 0 Å². The molecule has 2 fully saturated rings. The number of halogens is 1. The van der Waals surface area contributed by atoms with Crippen LogP contribution >= 0.6 is 15.9 Å². The SMILES string of the molecule is Cc1nn(-c2ccc(C(=O)N3CCCC(C(=O)NC4CCCCC4)C3)cc2)c(C)c1Br. The van der Waals surface area contributed by atoms with Gasteiger partial charge in [0.2, 0.25) is 5.91 Å². The smallest absolute Gasteiger partial charge is 0.253 e. The summed E-state index contributed by atoms with van der Waals surface area (Å²) < 4.78 is 2.87. The second-order valence-electron chi connectivity index (χ2n) is 8.88. The number of aromatic nitrogens is 2. The first-order valence-corrected chi connectivity index (χ1v) is 12.1. The van der Waals surface area contributed by atoms with Gasteiger partial charge in [-0.1, -0.05) is 19.3 Å². The van der Waals surface area contributed by atoms with E-state index in [4.69, 9.17) is 0 Å². The van der Waals surface area contributed by atoms with Gasteiger partial charge in [0.1, 0.15) is 0 Å². The Morgan fingerprint density at radius 3 is 2.39 bits per heavy atom. The summed E-state index contributed by atoms with van der Waals surface area (Å²) in [4.78, 5) is 27.7. The predicted molar refractivity (Wildman–Crippen MR) is 124 cm³/mol. The van der Waals surface area contributed by atoms with Crippen molar-refractivity contribution in [1.82, 2.24) is 20.0 Å². The van der Waals surface area contributed by atoms with Crippen LogP contribution < -0.4 is 5.32 Å². The molecule has 31 heavy (non-hydrogen) atoms. The number of carbonyl (C=O) groups is 2. The zero-order chi connectivity index (χ0) is 22.0. The minimum atomic E-state index is -0.106. The number of nitrogens with zero attached hydrogens (tertiary/aromatic N) is 3. The molecule has 6 nitrogen and oxygen atoms in total. The zero-order valence-corrected chi connectivity index (χ0v) is 20.0. The summed E-state index contributed by atoms with van der Waals surface area (Å²) in [5.41, 5.74) is 3.53. The van der Waals surface area contributed by atoms with Crippen molar-refractivity contribution in [3.63, 3.8) is 0 Å². The molecule has 2 aromatic rings. The predicted octanol–water partition coefficient (Wildman–Crippen LogP) is 4.55. The minimum absolute atomic E-state index is 0.00346. The lowest BCUT2D eigenvalue weighted by Crippen LogP contribution is -2.47. The van der Waals surface area contributed by atoms with Crippen molar-refractivity contribution in [3.05, 3.63) is 45.7 Å². The number of likely N-dealkylation sites (tertiary alicyclic amines) is 1. The first-order valence-electron chi connectivity index (χ1n) is 11.4. The summed E-state index contributed by atoms with van der Waals surface area (Å²) in [6.45, 7) is 5.18. The number of hydrogen-bond donors (Lipinski definition) is 1. The van der Waals surface area contributed by atoms with Crippen LogP contribution in [0.5, 0.6) is 0 Å². The minimum Gasteiger partial charge on any atom is -0.353 e. The van der Waals surface area contributed by atoms with E-state index in [1.807, 2.05) is 47.7 Å². The van der Waals surface area contributed by atoms with Crippen molar-refractivity contribution < 1.29 is 9.59 Å². The molecule has 4 rings (SSSR count). The van der Waals surface area contributed by atoms with Gasteiger partial charge in [-0.05, 0) is 79.7 Å². The highest BCUT2D eigenvalue weighted by molar-refractivity contribution is 9.10. The fourth-order valence-electron chi connectivity index (χ4n) is 4.74. The fraction of sp³-hybridized carbons (Fsp3) is 0.542. The highest BCUT2D eigenvalue weighted by Crippen LogP contribution is 2.24. The van der Waals surface area contributed by atoms with E-state index in [0.29, 0.717) is 24.7 Å². The molecule has 2 heterocycles. The summed E-state index contributed by atoms with van der Waals surface area (Å²) >= 11 is 3.56. The molecule has 1 saturated heterocycles. The van der Waals surface area contributed by atoms with E-state index in [9.17, 15) is 9.59 Å². The molecule has 2 amide bonds. The molecule has 7 heteroatoms. The van der Waals surface area contributed by atoms with Gasteiger partial charge in [0.05, 0.1) is 27.5 Å². The Labute approximate surface area is 192 Å². The van der Waals surface area contributed by atoms with Crippen LogP contribution in [-0.2, 0) is 4.79 Å². The second kappa shape index (κ2) is 9.55. The molecule has 2 aliphatic rings. The average molecular weight is 487 g/mol. The van der Waals surface area contributed by atoms with Crippen LogP contribution in [0.1, 0.15) is 66.7 Å². The van der Waals surface area contributed by atoms with E-state index in [1.165, 1.54) is 19.3 Å². The number of piperidine rings is 1. The Bertz CT molecular complexity index is 947. The fourth-order valence-corrected chi connectivity index (χ4v) is 4.99. The molecule has 1 aliphatic carbocycles. The maximum Gasteiger partial charge on any atom is 0.253 e. The summed E-state index contributed by atoms with van der Waals surface area (Å²) in [6, 6.07) is 7.88. The summed E-state index contributed by atoms with van der Waals surface area (Å²) in [6.07, 6.45) is 7.56. The zero-order valence-electron chi connectivity index (χ0n) is 18.4.